The van der Waals surface area contributed by atoms with Crippen molar-refractivity contribution >= 4 is 0 Å². The highest BCUT2D eigenvalue weighted by Crippen LogP contribution is 2.40. The summed E-state index contributed by atoms with van der Waals surface area (Å²) in [6.45, 7) is 2.20. The van der Waals surface area contributed by atoms with Gasteiger partial charge in [0, 0.05) is 5.56 Å². The minimum atomic E-state index is -0.308. The van der Waals surface area contributed by atoms with E-state index in [2.05, 4.69) is 25.1 Å². The van der Waals surface area contributed by atoms with Crippen molar-refractivity contribution in [1.29, 1.82) is 0 Å². The topological polar surface area (TPSA) is 0 Å². The Morgan fingerprint density at radius 3 is 2.32 bits per heavy atom. The van der Waals surface area contributed by atoms with Crippen LogP contribution in [0.5, 0.6) is 0 Å². The van der Waals surface area contributed by atoms with E-state index in [1.165, 1.54) is 36.1 Å². The number of rotatable bonds is 4. The monoisotopic (exact) mass is 334 g/mol. The lowest BCUT2D eigenvalue weighted by atomic mass is 9.98. The first kappa shape index (κ1) is 16.0. The van der Waals surface area contributed by atoms with Crippen LogP contribution < -0.4 is 0 Å². The summed E-state index contributed by atoms with van der Waals surface area (Å²) < 4.78 is 27.8. The predicted molar refractivity (Wildman–Crippen MR) is 98.6 cm³/mol. The van der Waals surface area contributed by atoms with Gasteiger partial charge < -0.3 is 0 Å². The third kappa shape index (κ3) is 2.97. The molecule has 3 aromatic carbocycles. The molecule has 2 heteroatoms. The molecule has 0 radical (unpaired) electrons. The second kappa shape index (κ2) is 6.44. The molecule has 0 atom stereocenters. The smallest absolute Gasteiger partial charge is 0.131 e. The molecule has 0 amide bonds. The van der Waals surface area contributed by atoms with Gasteiger partial charge in [0.1, 0.15) is 11.6 Å². The molecule has 0 aromatic heterocycles. The fourth-order valence-corrected chi connectivity index (χ4v) is 3.66. The normalized spacial score (nSPS) is 12.1. The maximum absolute atomic E-state index is 14.7. The van der Waals surface area contributed by atoms with Gasteiger partial charge in [-0.3, -0.25) is 0 Å². The third-order valence-electron chi connectivity index (χ3n) is 5.01. The molecule has 0 heterocycles. The number of aryl methyl sites for hydroxylation is 1. The first-order chi connectivity index (χ1) is 12.2. The Kier molecular flexibility index (Phi) is 4.12. The molecule has 0 spiro atoms. The molecule has 0 saturated carbocycles. The number of fused-ring (bicyclic) bond motifs is 3. The van der Waals surface area contributed by atoms with Gasteiger partial charge in [-0.15, -0.1) is 0 Å². The molecule has 126 valence electrons. The Morgan fingerprint density at radius 2 is 1.56 bits per heavy atom. The molecule has 1 aliphatic carbocycles. The van der Waals surface area contributed by atoms with Crippen LogP contribution in [-0.4, -0.2) is 0 Å². The Labute approximate surface area is 147 Å². The van der Waals surface area contributed by atoms with Gasteiger partial charge in [0.05, 0.1) is 0 Å². The van der Waals surface area contributed by atoms with Gasteiger partial charge >= 0.3 is 0 Å². The Morgan fingerprint density at radius 1 is 0.800 bits per heavy atom. The first-order valence-corrected chi connectivity index (χ1v) is 8.86. The van der Waals surface area contributed by atoms with Crippen LogP contribution >= 0.6 is 0 Å². The largest absolute Gasteiger partial charge is 0.207 e. The van der Waals surface area contributed by atoms with Crippen LogP contribution in [0.3, 0.4) is 0 Å². The summed E-state index contributed by atoms with van der Waals surface area (Å²) in [5.41, 5.74) is 7.15. The fourth-order valence-electron chi connectivity index (χ4n) is 3.66. The second-order valence-corrected chi connectivity index (χ2v) is 6.77. The maximum atomic E-state index is 14.7. The Hall–Kier alpha value is -2.48. The van der Waals surface area contributed by atoms with Crippen molar-refractivity contribution < 1.29 is 8.78 Å². The van der Waals surface area contributed by atoms with Gasteiger partial charge in [-0.05, 0) is 76.9 Å². The molecule has 0 fully saturated rings. The summed E-state index contributed by atoms with van der Waals surface area (Å²) in [6.07, 6.45) is 4.30. The van der Waals surface area contributed by atoms with E-state index >= 15 is 0 Å². The fraction of sp³-hybridized carbons (Fsp3) is 0.217. The Balaban J connectivity index is 1.72. The summed E-state index contributed by atoms with van der Waals surface area (Å²) in [5.74, 6) is -0.564. The summed E-state index contributed by atoms with van der Waals surface area (Å²) in [6, 6.07) is 16.1. The lowest BCUT2D eigenvalue weighted by molar-refractivity contribution is 0.625. The van der Waals surface area contributed by atoms with E-state index in [1.807, 2.05) is 6.07 Å². The molecule has 4 rings (SSSR count). The van der Waals surface area contributed by atoms with Crippen molar-refractivity contribution in [3.05, 3.63) is 82.9 Å². The highest BCUT2D eigenvalue weighted by Gasteiger charge is 2.21. The Bertz CT molecular complexity index is 924. The van der Waals surface area contributed by atoms with E-state index in [-0.39, 0.29) is 11.6 Å². The first-order valence-electron chi connectivity index (χ1n) is 8.86. The van der Waals surface area contributed by atoms with E-state index in [4.69, 9.17) is 0 Å². The van der Waals surface area contributed by atoms with E-state index in [0.29, 0.717) is 11.1 Å². The van der Waals surface area contributed by atoms with Crippen LogP contribution in [-0.2, 0) is 12.8 Å². The summed E-state index contributed by atoms with van der Waals surface area (Å²) >= 11 is 0. The molecule has 0 aliphatic heterocycles. The quantitative estimate of drug-likeness (QED) is 0.397. The number of unbranched alkanes of at least 4 members (excludes halogenated alkanes) is 1. The molecule has 0 unspecified atom stereocenters. The van der Waals surface area contributed by atoms with Gasteiger partial charge in [0.15, 0.2) is 0 Å². The van der Waals surface area contributed by atoms with Gasteiger partial charge in [-0.2, -0.15) is 0 Å². The van der Waals surface area contributed by atoms with Crippen LogP contribution in [0.15, 0.2) is 54.6 Å². The van der Waals surface area contributed by atoms with Crippen LogP contribution in [0.1, 0.15) is 36.5 Å². The van der Waals surface area contributed by atoms with E-state index < -0.39 is 0 Å². The van der Waals surface area contributed by atoms with E-state index in [0.717, 1.165) is 29.5 Å². The average molecular weight is 334 g/mol. The summed E-state index contributed by atoms with van der Waals surface area (Å²) in [5, 5.41) is 0. The maximum Gasteiger partial charge on any atom is 0.131 e. The van der Waals surface area contributed by atoms with Crippen molar-refractivity contribution in [2.45, 2.75) is 32.6 Å². The minimum Gasteiger partial charge on any atom is -0.207 e. The zero-order chi connectivity index (χ0) is 17.4. The highest BCUT2D eigenvalue weighted by atomic mass is 19.1. The molecule has 0 nitrogen and oxygen atoms in total. The molecule has 1 aliphatic rings. The van der Waals surface area contributed by atoms with Gasteiger partial charge in [0.2, 0.25) is 0 Å². The number of halogens is 2. The SMILES string of the molecule is CCCCc1ccc2c(c1)Cc1cc(-c3ccc(F)cc3)c(F)cc1-2. The van der Waals surface area contributed by atoms with Crippen molar-refractivity contribution in [1.82, 2.24) is 0 Å². The second-order valence-electron chi connectivity index (χ2n) is 6.77. The zero-order valence-electron chi connectivity index (χ0n) is 14.3. The van der Waals surface area contributed by atoms with Gasteiger partial charge in [-0.1, -0.05) is 43.7 Å². The van der Waals surface area contributed by atoms with Crippen molar-refractivity contribution in [3.8, 4) is 22.3 Å². The molecule has 0 saturated heterocycles. The number of hydrogen-bond acceptors (Lipinski definition) is 0. The average Bonchev–Trinajstić information content (AvgIpc) is 2.96. The number of benzene rings is 3. The van der Waals surface area contributed by atoms with Crippen LogP contribution in [0.2, 0.25) is 0 Å². The molecule has 25 heavy (non-hydrogen) atoms. The van der Waals surface area contributed by atoms with Crippen LogP contribution in [0.25, 0.3) is 22.3 Å². The number of hydrogen-bond donors (Lipinski definition) is 0. The lowest BCUT2D eigenvalue weighted by Crippen LogP contribution is -1.89. The summed E-state index contributed by atoms with van der Waals surface area (Å²) in [7, 11) is 0. The van der Waals surface area contributed by atoms with Crippen molar-refractivity contribution in [2.24, 2.45) is 0 Å². The molecule has 3 aromatic rings. The zero-order valence-corrected chi connectivity index (χ0v) is 14.3. The van der Waals surface area contributed by atoms with Gasteiger partial charge in [0.25, 0.3) is 0 Å². The minimum absolute atomic E-state index is 0.256. The van der Waals surface area contributed by atoms with Crippen molar-refractivity contribution in [3.63, 3.8) is 0 Å². The molecule has 0 bridgehead atoms. The van der Waals surface area contributed by atoms with Crippen LogP contribution in [0.4, 0.5) is 8.78 Å². The third-order valence-corrected chi connectivity index (χ3v) is 5.01. The summed E-state index contributed by atoms with van der Waals surface area (Å²) in [4.78, 5) is 0. The van der Waals surface area contributed by atoms with Gasteiger partial charge in [-0.25, -0.2) is 8.78 Å². The van der Waals surface area contributed by atoms with E-state index in [1.54, 1.807) is 18.2 Å². The van der Waals surface area contributed by atoms with Crippen molar-refractivity contribution in [2.75, 3.05) is 0 Å². The molecular formula is C23H20F2. The molecular weight excluding hydrogens is 314 g/mol. The highest BCUT2D eigenvalue weighted by molar-refractivity contribution is 5.80. The van der Waals surface area contributed by atoms with E-state index in [9.17, 15) is 8.78 Å². The predicted octanol–water partition coefficient (Wildman–Crippen LogP) is 6.55. The van der Waals surface area contributed by atoms with Crippen LogP contribution in [0, 0.1) is 11.6 Å². The standard InChI is InChI=1S/C23H20F2/c1-2-3-4-15-5-10-20-17(11-15)12-18-13-22(23(25)14-21(18)20)16-6-8-19(24)9-7-16/h5-11,13-14H,2-4,12H2,1H3. The molecule has 0 N–H and O–H groups in total. The lowest BCUT2D eigenvalue weighted by Gasteiger charge is -2.08.